The molecular weight excluding hydrogens is 212 g/mol. The molecule has 2 rings (SSSR count). The number of nitrogens with one attached hydrogen (secondary N) is 1. The van der Waals surface area contributed by atoms with Crippen molar-refractivity contribution in [3.8, 4) is 11.3 Å². The van der Waals surface area contributed by atoms with E-state index in [9.17, 15) is 4.79 Å². The minimum Gasteiger partial charge on any atom is -0.282 e. The van der Waals surface area contributed by atoms with Crippen molar-refractivity contribution in [1.82, 2.24) is 9.78 Å². The second-order valence-electron chi connectivity index (χ2n) is 4.75. The van der Waals surface area contributed by atoms with E-state index < -0.39 is 0 Å². The van der Waals surface area contributed by atoms with Crippen molar-refractivity contribution in [3.63, 3.8) is 0 Å². The average Bonchev–Trinajstić information content (AvgIpc) is 2.56. The summed E-state index contributed by atoms with van der Waals surface area (Å²) >= 11 is 0. The van der Waals surface area contributed by atoms with E-state index in [1.165, 1.54) is 5.56 Å². The third-order valence-corrected chi connectivity index (χ3v) is 2.97. The Morgan fingerprint density at radius 2 is 1.94 bits per heavy atom. The van der Waals surface area contributed by atoms with Gasteiger partial charge >= 0.3 is 0 Å². The van der Waals surface area contributed by atoms with Crippen LogP contribution in [0.15, 0.2) is 29.1 Å². The van der Waals surface area contributed by atoms with Gasteiger partial charge in [-0.2, -0.15) is 0 Å². The molecule has 1 aromatic carbocycles. The molecule has 0 radical (unpaired) electrons. The number of aromatic amines is 1. The van der Waals surface area contributed by atoms with Crippen LogP contribution >= 0.6 is 0 Å². The predicted octanol–water partition coefficient (Wildman–Crippen LogP) is 3.04. The van der Waals surface area contributed by atoms with Crippen LogP contribution in [0, 0.1) is 13.8 Å². The molecule has 0 saturated carbocycles. The lowest BCUT2D eigenvalue weighted by Crippen LogP contribution is -2.08. The van der Waals surface area contributed by atoms with E-state index in [1.54, 1.807) is 0 Å². The van der Waals surface area contributed by atoms with Gasteiger partial charge in [0.2, 0.25) is 0 Å². The summed E-state index contributed by atoms with van der Waals surface area (Å²) in [4.78, 5) is 11.7. The van der Waals surface area contributed by atoms with Gasteiger partial charge in [-0.05, 0) is 33.8 Å². The third-order valence-electron chi connectivity index (χ3n) is 2.97. The fourth-order valence-electron chi connectivity index (χ4n) is 2.07. The molecule has 90 valence electrons. The summed E-state index contributed by atoms with van der Waals surface area (Å²) in [6.45, 7) is 8.06. The van der Waals surface area contributed by atoms with E-state index in [0.717, 1.165) is 16.8 Å². The van der Waals surface area contributed by atoms with E-state index in [2.05, 4.69) is 38.0 Å². The second kappa shape index (κ2) is 4.24. The lowest BCUT2D eigenvalue weighted by molar-refractivity contribution is 0.534. The molecule has 0 unspecified atom stereocenters. The van der Waals surface area contributed by atoms with Crippen LogP contribution in [0.5, 0.6) is 0 Å². The molecule has 3 heteroatoms. The van der Waals surface area contributed by atoms with Crippen molar-refractivity contribution < 1.29 is 0 Å². The van der Waals surface area contributed by atoms with Crippen LogP contribution in [0.3, 0.4) is 0 Å². The van der Waals surface area contributed by atoms with E-state index >= 15 is 0 Å². The molecule has 3 nitrogen and oxygen atoms in total. The number of aryl methyl sites for hydroxylation is 1. The molecule has 0 saturated heterocycles. The Labute approximate surface area is 101 Å². The molecule has 0 spiro atoms. The highest BCUT2D eigenvalue weighted by Gasteiger charge is 2.14. The standard InChI is InChI=1S/C14H18N2O/c1-9(2)16-13(11(4)14(17)15-16)12-7-5-6-10(3)8-12/h5-9H,1-4H3,(H,15,17). The van der Waals surface area contributed by atoms with Gasteiger partial charge in [-0.3, -0.25) is 14.6 Å². The quantitative estimate of drug-likeness (QED) is 0.846. The molecule has 0 amide bonds. The van der Waals surface area contributed by atoms with Gasteiger partial charge in [0, 0.05) is 17.2 Å². The number of hydrogen-bond acceptors (Lipinski definition) is 1. The van der Waals surface area contributed by atoms with Gasteiger partial charge < -0.3 is 0 Å². The Kier molecular flexibility index (Phi) is 2.92. The predicted molar refractivity (Wildman–Crippen MR) is 70.3 cm³/mol. The van der Waals surface area contributed by atoms with Gasteiger partial charge in [0.05, 0.1) is 5.69 Å². The number of benzene rings is 1. The van der Waals surface area contributed by atoms with Gasteiger partial charge in [0.15, 0.2) is 0 Å². The van der Waals surface area contributed by atoms with Crippen LogP contribution in [0.4, 0.5) is 0 Å². The van der Waals surface area contributed by atoms with Gasteiger partial charge in [0.1, 0.15) is 0 Å². The Hall–Kier alpha value is -1.77. The molecule has 0 aliphatic rings. The summed E-state index contributed by atoms with van der Waals surface area (Å²) < 4.78 is 1.94. The van der Waals surface area contributed by atoms with Crippen molar-refractivity contribution in [1.29, 1.82) is 0 Å². The maximum Gasteiger partial charge on any atom is 0.267 e. The Morgan fingerprint density at radius 3 is 2.53 bits per heavy atom. The molecule has 0 bridgehead atoms. The van der Waals surface area contributed by atoms with Crippen molar-refractivity contribution in [3.05, 3.63) is 45.7 Å². The fraction of sp³-hybridized carbons (Fsp3) is 0.357. The first kappa shape index (κ1) is 11.7. The topological polar surface area (TPSA) is 37.8 Å². The summed E-state index contributed by atoms with van der Waals surface area (Å²) in [5, 5.41) is 2.89. The fourth-order valence-corrected chi connectivity index (χ4v) is 2.07. The largest absolute Gasteiger partial charge is 0.282 e. The molecule has 0 aliphatic heterocycles. The summed E-state index contributed by atoms with van der Waals surface area (Å²) in [6.07, 6.45) is 0. The molecule has 0 aliphatic carbocycles. The number of H-pyrrole nitrogens is 1. The Balaban J connectivity index is 2.70. The molecular formula is C14H18N2O. The molecule has 0 fully saturated rings. The second-order valence-corrected chi connectivity index (χ2v) is 4.75. The molecule has 2 aromatic rings. The van der Waals surface area contributed by atoms with Crippen molar-refractivity contribution >= 4 is 0 Å². The maximum atomic E-state index is 11.7. The van der Waals surface area contributed by atoms with Crippen LogP contribution in [0.2, 0.25) is 0 Å². The highest BCUT2D eigenvalue weighted by atomic mass is 16.1. The summed E-state index contributed by atoms with van der Waals surface area (Å²) in [5.41, 5.74) is 4.06. The van der Waals surface area contributed by atoms with Crippen LogP contribution in [-0.4, -0.2) is 9.78 Å². The lowest BCUT2D eigenvalue weighted by Gasteiger charge is -2.13. The molecule has 17 heavy (non-hydrogen) atoms. The van der Waals surface area contributed by atoms with Crippen LogP contribution in [0.1, 0.15) is 31.0 Å². The highest BCUT2D eigenvalue weighted by Crippen LogP contribution is 2.24. The first-order chi connectivity index (χ1) is 8.00. The lowest BCUT2D eigenvalue weighted by atomic mass is 10.1. The van der Waals surface area contributed by atoms with E-state index in [1.807, 2.05) is 23.7 Å². The first-order valence-corrected chi connectivity index (χ1v) is 5.89. The maximum absolute atomic E-state index is 11.7. The van der Waals surface area contributed by atoms with E-state index in [0.29, 0.717) is 0 Å². The van der Waals surface area contributed by atoms with Crippen molar-refractivity contribution in [2.75, 3.05) is 0 Å². The monoisotopic (exact) mass is 230 g/mol. The number of hydrogen-bond donors (Lipinski definition) is 1. The minimum absolute atomic E-state index is 0.00444. The zero-order valence-electron chi connectivity index (χ0n) is 10.7. The zero-order chi connectivity index (χ0) is 12.6. The first-order valence-electron chi connectivity index (χ1n) is 5.89. The molecule has 1 N–H and O–H groups in total. The Bertz CT molecular complexity index is 591. The van der Waals surface area contributed by atoms with E-state index in [-0.39, 0.29) is 11.6 Å². The number of rotatable bonds is 2. The average molecular weight is 230 g/mol. The number of aromatic nitrogens is 2. The highest BCUT2D eigenvalue weighted by molar-refractivity contribution is 5.63. The van der Waals surface area contributed by atoms with Crippen LogP contribution < -0.4 is 5.56 Å². The zero-order valence-corrected chi connectivity index (χ0v) is 10.7. The summed E-state index contributed by atoms with van der Waals surface area (Å²) in [5.74, 6) is 0. The summed E-state index contributed by atoms with van der Waals surface area (Å²) in [6, 6.07) is 8.47. The molecule has 1 aromatic heterocycles. The van der Waals surface area contributed by atoms with Gasteiger partial charge in [0.25, 0.3) is 5.56 Å². The Morgan fingerprint density at radius 1 is 1.24 bits per heavy atom. The summed E-state index contributed by atoms with van der Waals surface area (Å²) in [7, 11) is 0. The SMILES string of the molecule is Cc1cccc(-c2c(C)c(=O)[nH]n2C(C)C)c1. The van der Waals surface area contributed by atoms with Gasteiger partial charge in [-0.1, -0.05) is 23.8 Å². The minimum atomic E-state index is -0.00444. The van der Waals surface area contributed by atoms with Crippen LogP contribution in [-0.2, 0) is 0 Å². The normalized spacial score (nSPS) is 11.1. The molecule has 0 atom stereocenters. The van der Waals surface area contributed by atoms with Crippen molar-refractivity contribution in [2.45, 2.75) is 33.7 Å². The van der Waals surface area contributed by atoms with Crippen LogP contribution in [0.25, 0.3) is 11.3 Å². The van der Waals surface area contributed by atoms with E-state index in [4.69, 9.17) is 0 Å². The molecule has 1 heterocycles. The number of nitrogens with zero attached hydrogens (tertiary/aromatic N) is 1. The smallest absolute Gasteiger partial charge is 0.267 e. The van der Waals surface area contributed by atoms with Gasteiger partial charge in [-0.15, -0.1) is 0 Å². The third kappa shape index (κ3) is 2.05. The van der Waals surface area contributed by atoms with Crippen molar-refractivity contribution in [2.24, 2.45) is 0 Å². The van der Waals surface area contributed by atoms with Gasteiger partial charge in [-0.25, -0.2) is 0 Å².